The van der Waals surface area contributed by atoms with Gasteiger partial charge in [0.05, 0.1) is 0 Å². The molecule has 1 aliphatic carbocycles. The third kappa shape index (κ3) is 3.38. The van der Waals surface area contributed by atoms with Gasteiger partial charge in [-0.2, -0.15) is 0 Å². The smallest absolute Gasteiger partial charge is 0.140 e. The van der Waals surface area contributed by atoms with Gasteiger partial charge in [0, 0.05) is 17.0 Å². The van der Waals surface area contributed by atoms with E-state index in [0.717, 1.165) is 24.2 Å². The number of hydrogen-bond donors (Lipinski definition) is 0. The molecular weight excluding hydrogens is 222 g/mol. The lowest BCUT2D eigenvalue weighted by molar-refractivity contribution is 0.210. The molecule has 0 N–H and O–H groups in total. The van der Waals surface area contributed by atoms with Gasteiger partial charge in [0.1, 0.15) is 12.0 Å². The normalized spacial score (nSPS) is 16.2. The van der Waals surface area contributed by atoms with Crippen LogP contribution in [0.1, 0.15) is 31.2 Å². The van der Waals surface area contributed by atoms with Crippen molar-refractivity contribution in [2.45, 2.75) is 25.7 Å². The highest BCUT2D eigenvalue weighted by molar-refractivity contribution is 6.30. The summed E-state index contributed by atoms with van der Waals surface area (Å²) in [6.07, 6.45) is 9.38. The molecule has 0 aliphatic heterocycles. The fourth-order valence-electron chi connectivity index (χ4n) is 1.58. The zero-order chi connectivity index (χ0) is 11.2. The largest absolute Gasteiger partial charge is 0.361 e. The van der Waals surface area contributed by atoms with Crippen LogP contribution in [0, 0.1) is 0 Å². The van der Waals surface area contributed by atoms with Crippen LogP contribution < -0.4 is 0 Å². The molecule has 1 aromatic carbocycles. The minimum atomic E-state index is 0.678. The molecule has 0 aromatic heterocycles. The molecular formula is C13H13ClNO. The van der Waals surface area contributed by atoms with Crippen LogP contribution in [-0.2, 0) is 4.84 Å². The third-order valence-electron chi connectivity index (χ3n) is 2.41. The van der Waals surface area contributed by atoms with E-state index in [0.29, 0.717) is 5.02 Å². The van der Waals surface area contributed by atoms with E-state index >= 15 is 0 Å². The Morgan fingerprint density at radius 1 is 1.31 bits per heavy atom. The van der Waals surface area contributed by atoms with Gasteiger partial charge in [-0.3, -0.25) is 0 Å². The molecule has 3 heteroatoms. The van der Waals surface area contributed by atoms with Crippen molar-refractivity contribution in [1.82, 2.24) is 0 Å². The first kappa shape index (κ1) is 11.2. The van der Waals surface area contributed by atoms with E-state index in [-0.39, 0.29) is 0 Å². The van der Waals surface area contributed by atoms with Gasteiger partial charge >= 0.3 is 0 Å². The summed E-state index contributed by atoms with van der Waals surface area (Å²) in [6, 6.07) is 7.36. The predicted molar refractivity (Wildman–Crippen MR) is 65.6 cm³/mol. The van der Waals surface area contributed by atoms with Crippen molar-refractivity contribution in [1.29, 1.82) is 0 Å². The minimum Gasteiger partial charge on any atom is -0.361 e. The number of rotatable bonds is 3. The van der Waals surface area contributed by atoms with Crippen LogP contribution in [0.4, 0.5) is 0 Å². The van der Waals surface area contributed by atoms with Crippen molar-refractivity contribution in [3.63, 3.8) is 0 Å². The van der Waals surface area contributed by atoms with Crippen LogP contribution in [0.15, 0.2) is 41.3 Å². The van der Waals surface area contributed by atoms with Crippen LogP contribution >= 0.6 is 11.6 Å². The first-order chi connectivity index (χ1) is 7.84. The second-order valence-corrected chi connectivity index (χ2v) is 4.16. The Morgan fingerprint density at radius 3 is 3.00 bits per heavy atom. The number of nitrogens with zero attached hydrogens (tertiary/aromatic N) is 1. The third-order valence-corrected chi connectivity index (χ3v) is 2.65. The Bertz CT molecular complexity index is 412. The summed E-state index contributed by atoms with van der Waals surface area (Å²) in [7, 11) is 0. The number of halogens is 1. The van der Waals surface area contributed by atoms with Crippen molar-refractivity contribution < 1.29 is 4.84 Å². The molecule has 0 atom stereocenters. The van der Waals surface area contributed by atoms with Crippen LogP contribution in [-0.4, -0.2) is 6.21 Å². The summed E-state index contributed by atoms with van der Waals surface area (Å²) in [6.45, 7) is 0. The van der Waals surface area contributed by atoms with Crippen molar-refractivity contribution >= 4 is 17.8 Å². The predicted octanol–water partition coefficient (Wildman–Crippen LogP) is 4.03. The maximum absolute atomic E-state index is 5.84. The lowest BCUT2D eigenvalue weighted by atomic mass is 10.1. The summed E-state index contributed by atoms with van der Waals surface area (Å²) >= 11 is 5.84. The van der Waals surface area contributed by atoms with Gasteiger partial charge in [-0.15, -0.1) is 0 Å². The molecule has 1 aliphatic rings. The molecule has 0 saturated carbocycles. The van der Waals surface area contributed by atoms with E-state index in [1.807, 2.05) is 18.2 Å². The zero-order valence-corrected chi connectivity index (χ0v) is 9.70. The first-order valence-electron chi connectivity index (χ1n) is 5.42. The second-order valence-electron chi connectivity index (χ2n) is 3.72. The number of benzene rings is 1. The Labute approximate surface area is 101 Å². The minimum absolute atomic E-state index is 0.678. The quantitative estimate of drug-likeness (QED) is 0.572. The summed E-state index contributed by atoms with van der Waals surface area (Å²) < 4.78 is 0. The molecule has 0 amide bonds. The molecule has 83 valence electrons. The van der Waals surface area contributed by atoms with E-state index in [9.17, 15) is 0 Å². The summed E-state index contributed by atoms with van der Waals surface area (Å²) in [5.41, 5.74) is 0.823. The molecule has 0 unspecified atom stereocenters. The Morgan fingerprint density at radius 2 is 2.25 bits per heavy atom. The highest BCUT2D eigenvalue weighted by atomic mass is 35.5. The average molecular weight is 235 g/mol. The van der Waals surface area contributed by atoms with Gasteiger partial charge < -0.3 is 4.84 Å². The molecule has 0 fully saturated rings. The van der Waals surface area contributed by atoms with E-state index in [4.69, 9.17) is 16.4 Å². The van der Waals surface area contributed by atoms with Gasteiger partial charge in [0.2, 0.25) is 0 Å². The molecule has 2 nitrogen and oxygen atoms in total. The molecule has 2 rings (SSSR count). The van der Waals surface area contributed by atoms with Gasteiger partial charge in [-0.05, 0) is 37.5 Å². The topological polar surface area (TPSA) is 21.6 Å². The van der Waals surface area contributed by atoms with E-state index < -0.39 is 0 Å². The van der Waals surface area contributed by atoms with Gasteiger partial charge in [0.25, 0.3) is 0 Å². The van der Waals surface area contributed by atoms with Gasteiger partial charge in [0.15, 0.2) is 0 Å². The van der Waals surface area contributed by atoms with Crippen molar-refractivity contribution in [2.24, 2.45) is 5.16 Å². The maximum atomic E-state index is 5.84. The van der Waals surface area contributed by atoms with Crippen molar-refractivity contribution in [2.75, 3.05) is 0 Å². The molecule has 0 spiro atoms. The molecule has 0 heterocycles. The van der Waals surface area contributed by atoms with Crippen LogP contribution in [0.5, 0.6) is 0 Å². The summed E-state index contributed by atoms with van der Waals surface area (Å²) in [4.78, 5) is 5.26. The lowest BCUT2D eigenvalue weighted by Crippen LogP contribution is -1.93. The monoisotopic (exact) mass is 234 g/mol. The average Bonchev–Trinajstić information content (AvgIpc) is 2.30. The fourth-order valence-corrected chi connectivity index (χ4v) is 1.77. The summed E-state index contributed by atoms with van der Waals surface area (Å²) in [5.74, 6) is 0.945. The molecule has 0 bridgehead atoms. The number of hydrogen-bond acceptors (Lipinski definition) is 2. The van der Waals surface area contributed by atoms with E-state index in [1.165, 1.54) is 12.8 Å². The standard InChI is InChI=1S/C13H13ClNO/c14-12-6-4-5-11(9-12)10-15-16-13-7-2-1-3-8-13/h4-7,9H,1-3,8H2. The highest BCUT2D eigenvalue weighted by Gasteiger charge is 2.03. The van der Waals surface area contributed by atoms with Gasteiger partial charge in [-0.25, -0.2) is 0 Å². The fraction of sp³-hybridized carbons (Fsp3) is 0.308. The Hall–Kier alpha value is -1.28. The van der Waals surface area contributed by atoms with Crippen molar-refractivity contribution in [3.8, 4) is 0 Å². The van der Waals surface area contributed by atoms with E-state index in [1.54, 1.807) is 6.07 Å². The van der Waals surface area contributed by atoms with Gasteiger partial charge in [-0.1, -0.05) is 28.9 Å². The Kier molecular flexibility index (Phi) is 4.00. The molecule has 0 saturated heterocycles. The highest BCUT2D eigenvalue weighted by Crippen LogP contribution is 2.18. The first-order valence-corrected chi connectivity index (χ1v) is 5.80. The second kappa shape index (κ2) is 5.71. The molecule has 16 heavy (non-hydrogen) atoms. The molecule has 1 radical (unpaired) electrons. The molecule has 1 aromatic rings. The van der Waals surface area contributed by atoms with Crippen LogP contribution in [0.2, 0.25) is 5.02 Å². The number of allylic oxidation sites excluding steroid dienone is 2. The SMILES string of the molecule is Clc1cccc([C]=NOC2=CCCCC2)c1. The zero-order valence-electron chi connectivity index (χ0n) is 8.95. The van der Waals surface area contributed by atoms with Crippen molar-refractivity contribution in [3.05, 3.63) is 46.7 Å². The van der Waals surface area contributed by atoms with E-state index in [2.05, 4.69) is 17.4 Å². The lowest BCUT2D eigenvalue weighted by Gasteiger charge is -2.08. The van der Waals surface area contributed by atoms with Crippen LogP contribution in [0.3, 0.4) is 0 Å². The maximum Gasteiger partial charge on any atom is 0.140 e. The summed E-state index contributed by atoms with van der Waals surface area (Å²) in [5, 5.41) is 4.51. The Balaban J connectivity index is 1.92. The van der Waals surface area contributed by atoms with Crippen LogP contribution in [0.25, 0.3) is 0 Å².